The Bertz CT molecular complexity index is 958. The van der Waals surface area contributed by atoms with Gasteiger partial charge in [-0.3, -0.25) is 4.79 Å². The molecule has 1 amide bonds. The lowest BCUT2D eigenvalue weighted by molar-refractivity contribution is 0.102. The molecule has 0 spiro atoms. The average Bonchev–Trinajstić information content (AvgIpc) is 2.73. The fraction of sp³-hybridized carbons (Fsp3) is 0.190. The maximum absolute atomic E-state index is 12.5. The lowest BCUT2D eigenvalue weighted by atomic mass is 10.1. The quantitative estimate of drug-likeness (QED) is 0.653. The van der Waals surface area contributed by atoms with Gasteiger partial charge in [0, 0.05) is 25.0 Å². The zero-order valence-electron chi connectivity index (χ0n) is 16.0. The molecule has 2 N–H and O–H groups in total. The smallest absolute Gasteiger partial charge is 0.258 e. The monoisotopic (exact) mass is 378 g/mol. The molecule has 3 aromatic rings. The van der Waals surface area contributed by atoms with Crippen LogP contribution in [-0.4, -0.2) is 30.1 Å². The molecule has 28 heavy (non-hydrogen) atoms. The Hall–Kier alpha value is -3.61. The van der Waals surface area contributed by atoms with Gasteiger partial charge in [0.05, 0.1) is 25.5 Å². The summed E-state index contributed by atoms with van der Waals surface area (Å²) in [6.45, 7) is 2.65. The molecular weight excluding hydrogens is 356 g/mol. The van der Waals surface area contributed by atoms with Crippen LogP contribution in [0, 0.1) is 6.92 Å². The average molecular weight is 378 g/mol. The van der Waals surface area contributed by atoms with Gasteiger partial charge in [-0.25, -0.2) is 9.97 Å². The lowest BCUT2D eigenvalue weighted by Gasteiger charge is -2.11. The molecule has 0 bridgehead atoms. The van der Waals surface area contributed by atoms with Crippen molar-refractivity contribution in [2.45, 2.75) is 13.5 Å². The van der Waals surface area contributed by atoms with Gasteiger partial charge < -0.3 is 20.1 Å². The molecule has 0 radical (unpaired) electrons. The van der Waals surface area contributed by atoms with Gasteiger partial charge in [0.25, 0.3) is 5.91 Å². The predicted molar refractivity (Wildman–Crippen MR) is 108 cm³/mol. The van der Waals surface area contributed by atoms with Crippen LogP contribution in [0.25, 0.3) is 0 Å². The largest absolute Gasteiger partial charge is 0.497 e. The standard InChI is InChI=1S/C21H22N4O3/c1-14-5-4-6-15(9-14)11-22-21-23-12-16(13-24-21)20(26)25-18-8-7-17(27-2)10-19(18)28-3/h4-10,12-13H,11H2,1-3H3,(H,25,26)(H,22,23,24). The Labute approximate surface area is 163 Å². The summed E-state index contributed by atoms with van der Waals surface area (Å²) in [5.41, 5.74) is 3.21. The van der Waals surface area contributed by atoms with Gasteiger partial charge in [0.2, 0.25) is 5.95 Å². The molecule has 144 valence electrons. The SMILES string of the molecule is COc1ccc(NC(=O)c2cnc(NCc3cccc(C)c3)nc2)c(OC)c1. The van der Waals surface area contributed by atoms with E-state index in [1.54, 1.807) is 25.3 Å². The highest BCUT2D eigenvalue weighted by molar-refractivity contribution is 6.04. The Kier molecular flexibility index (Phi) is 6.06. The summed E-state index contributed by atoms with van der Waals surface area (Å²) in [5, 5.41) is 5.94. The number of methoxy groups -OCH3 is 2. The molecular formula is C21H22N4O3. The number of carbonyl (C=O) groups is 1. The van der Waals surface area contributed by atoms with Crippen LogP contribution in [0.1, 0.15) is 21.5 Å². The molecule has 0 aliphatic rings. The normalized spacial score (nSPS) is 10.2. The van der Waals surface area contributed by atoms with E-state index in [2.05, 4.69) is 26.7 Å². The predicted octanol–water partition coefficient (Wildman–Crippen LogP) is 3.67. The van der Waals surface area contributed by atoms with Crippen molar-refractivity contribution in [1.29, 1.82) is 0 Å². The summed E-state index contributed by atoms with van der Waals surface area (Å²) in [4.78, 5) is 20.9. The first-order valence-electron chi connectivity index (χ1n) is 8.74. The Morgan fingerprint density at radius 1 is 1.04 bits per heavy atom. The van der Waals surface area contributed by atoms with E-state index in [1.165, 1.54) is 25.1 Å². The molecule has 1 heterocycles. The van der Waals surface area contributed by atoms with E-state index in [-0.39, 0.29) is 5.91 Å². The van der Waals surface area contributed by atoms with Gasteiger partial charge in [-0.15, -0.1) is 0 Å². The van der Waals surface area contributed by atoms with Crippen molar-refractivity contribution >= 4 is 17.5 Å². The molecule has 0 aliphatic heterocycles. The van der Waals surface area contributed by atoms with Gasteiger partial charge in [-0.2, -0.15) is 0 Å². The number of hydrogen-bond donors (Lipinski definition) is 2. The van der Waals surface area contributed by atoms with E-state index in [9.17, 15) is 4.79 Å². The van der Waals surface area contributed by atoms with Crippen LogP contribution in [0.3, 0.4) is 0 Å². The number of anilines is 2. The van der Waals surface area contributed by atoms with Crippen molar-refractivity contribution in [1.82, 2.24) is 9.97 Å². The number of nitrogens with one attached hydrogen (secondary N) is 2. The summed E-state index contributed by atoms with van der Waals surface area (Å²) in [6.07, 6.45) is 2.97. The van der Waals surface area contributed by atoms with Gasteiger partial charge >= 0.3 is 0 Å². The number of aryl methyl sites for hydroxylation is 1. The second-order valence-electron chi connectivity index (χ2n) is 6.16. The summed E-state index contributed by atoms with van der Waals surface area (Å²) in [5.74, 6) is 1.28. The number of aromatic nitrogens is 2. The molecule has 1 aromatic heterocycles. The van der Waals surface area contributed by atoms with Crippen LogP contribution >= 0.6 is 0 Å². The number of rotatable bonds is 7. The second kappa shape index (κ2) is 8.85. The third kappa shape index (κ3) is 4.76. The summed E-state index contributed by atoms with van der Waals surface area (Å²) in [7, 11) is 3.10. The molecule has 7 nitrogen and oxygen atoms in total. The zero-order valence-corrected chi connectivity index (χ0v) is 16.0. The molecule has 7 heteroatoms. The molecule has 0 aliphatic carbocycles. The molecule has 0 atom stereocenters. The van der Waals surface area contributed by atoms with E-state index < -0.39 is 0 Å². The fourth-order valence-corrected chi connectivity index (χ4v) is 2.64. The van der Waals surface area contributed by atoms with Crippen molar-refractivity contribution in [3.8, 4) is 11.5 Å². The molecule has 0 unspecified atom stereocenters. The van der Waals surface area contributed by atoms with Crippen LogP contribution in [-0.2, 0) is 6.54 Å². The van der Waals surface area contributed by atoms with Crippen LogP contribution in [0.15, 0.2) is 54.9 Å². The Morgan fingerprint density at radius 2 is 1.82 bits per heavy atom. The van der Waals surface area contributed by atoms with Crippen molar-refractivity contribution in [2.24, 2.45) is 0 Å². The number of benzene rings is 2. The minimum absolute atomic E-state index is 0.325. The van der Waals surface area contributed by atoms with Crippen LogP contribution in [0.5, 0.6) is 11.5 Å². The minimum atomic E-state index is -0.325. The third-order valence-electron chi connectivity index (χ3n) is 4.10. The highest BCUT2D eigenvalue weighted by atomic mass is 16.5. The number of nitrogens with zero attached hydrogens (tertiary/aromatic N) is 2. The highest BCUT2D eigenvalue weighted by Crippen LogP contribution is 2.29. The lowest BCUT2D eigenvalue weighted by Crippen LogP contribution is -2.14. The molecule has 0 saturated carbocycles. The Morgan fingerprint density at radius 3 is 2.50 bits per heavy atom. The summed E-state index contributed by atoms with van der Waals surface area (Å²) in [6, 6.07) is 13.3. The van der Waals surface area contributed by atoms with Gasteiger partial charge in [0.15, 0.2) is 0 Å². The van der Waals surface area contributed by atoms with Crippen molar-refractivity contribution in [2.75, 3.05) is 24.9 Å². The highest BCUT2D eigenvalue weighted by Gasteiger charge is 2.12. The minimum Gasteiger partial charge on any atom is -0.497 e. The van der Waals surface area contributed by atoms with Gasteiger partial charge in [0.1, 0.15) is 11.5 Å². The zero-order chi connectivity index (χ0) is 19.9. The second-order valence-corrected chi connectivity index (χ2v) is 6.16. The molecule has 0 saturated heterocycles. The van der Waals surface area contributed by atoms with Crippen molar-refractivity contribution in [3.05, 3.63) is 71.5 Å². The first-order chi connectivity index (χ1) is 13.6. The van der Waals surface area contributed by atoms with Gasteiger partial charge in [-0.05, 0) is 24.6 Å². The molecule has 3 rings (SSSR count). The summed E-state index contributed by atoms with van der Waals surface area (Å²) < 4.78 is 10.4. The van der Waals surface area contributed by atoms with Crippen molar-refractivity contribution in [3.63, 3.8) is 0 Å². The van der Waals surface area contributed by atoms with Crippen molar-refractivity contribution < 1.29 is 14.3 Å². The van der Waals surface area contributed by atoms with Crippen LogP contribution < -0.4 is 20.1 Å². The first-order valence-corrected chi connectivity index (χ1v) is 8.74. The maximum Gasteiger partial charge on any atom is 0.258 e. The van der Waals surface area contributed by atoms with E-state index in [0.717, 1.165) is 5.56 Å². The maximum atomic E-state index is 12.5. The van der Waals surface area contributed by atoms with E-state index >= 15 is 0 Å². The van der Waals surface area contributed by atoms with E-state index in [4.69, 9.17) is 9.47 Å². The van der Waals surface area contributed by atoms with Gasteiger partial charge in [-0.1, -0.05) is 29.8 Å². The third-order valence-corrected chi connectivity index (χ3v) is 4.10. The molecule has 2 aromatic carbocycles. The number of hydrogen-bond acceptors (Lipinski definition) is 6. The number of carbonyl (C=O) groups excluding carboxylic acids is 1. The topological polar surface area (TPSA) is 85.4 Å². The van der Waals surface area contributed by atoms with E-state index in [0.29, 0.717) is 35.2 Å². The van der Waals surface area contributed by atoms with Crippen LogP contribution in [0.2, 0.25) is 0 Å². The Balaban J connectivity index is 1.63. The fourth-order valence-electron chi connectivity index (χ4n) is 2.64. The van der Waals surface area contributed by atoms with Crippen LogP contribution in [0.4, 0.5) is 11.6 Å². The number of amides is 1. The summed E-state index contributed by atoms with van der Waals surface area (Å²) >= 11 is 0. The van der Waals surface area contributed by atoms with E-state index in [1.807, 2.05) is 25.1 Å². The molecule has 0 fully saturated rings. The number of ether oxygens (including phenoxy) is 2. The first kappa shape index (κ1) is 19.2.